The fraction of sp³-hybridized carbons (Fsp3) is 0. The summed E-state index contributed by atoms with van der Waals surface area (Å²) in [5.74, 6) is 4.91. The maximum Gasteiger partial charge on any atom is 0.270 e. The number of pyridine rings is 2. The van der Waals surface area contributed by atoms with E-state index >= 15 is 0 Å². The molecule has 0 spiro atoms. The first-order valence-electron chi connectivity index (χ1n) is 11.2. The van der Waals surface area contributed by atoms with Gasteiger partial charge < -0.3 is 14.2 Å². The minimum atomic E-state index is -0.0407. The summed E-state index contributed by atoms with van der Waals surface area (Å²) < 4.78 is 19.6. The topological polar surface area (TPSA) is 53.5 Å². The van der Waals surface area contributed by atoms with E-state index in [2.05, 4.69) is 16.0 Å². The molecule has 8 rings (SSSR count). The Labute approximate surface area is 195 Å². The average molecular weight is 438 g/mol. The van der Waals surface area contributed by atoms with Crippen molar-refractivity contribution >= 4 is 23.1 Å². The van der Waals surface area contributed by atoms with Crippen molar-refractivity contribution in [3.05, 3.63) is 91.5 Å². The van der Waals surface area contributed by atoms with E-state index in [-0.39, 0.29) is 6.71 Å². The molecule has 2 aromatic heterocycles. The summed E-state index contributed by atoms with van der Waals surface area (Å²) in [6, 6.07) is 22.2. The zero-order valence-electron chi connectivity index (χ0n) is 17.9. The summed E-state index contributed by atoms with van der Waals surface area (Å²) in [5, 5.41) is 0. The van der Waals surface area contributed by atoms with Crippen LogP contribution >= 0.6 is 0 Å². The molecule has 0 bridgehead atoms. The predicted molar refractivity (Wildman–Crippen MR) is 131 cm³/mol. The summed E-state index contributed by atoms with van der Waals surface area (Å²) >= 11 is 0. The summed E-state index contributed by atoms with van der Waals surface area (Å²) in [6.07, 6.45) is 7.23. The van der Waals surface area contributed by atoms with Crippen molar-refractivity contribution in [3.8, 4) is 56.8 Å². The van der Waals surface area contributed by atoms with Crippen LogP contribution in [0.25, 0.3) is 22.3 Å². The predicted octanol–water partition coefficient (Wildman–Crippen LogP) is 4.64. The molecule has 34 heavy (non-hydrogen) atoms. The molecule has 5 nitrogen and oxygen atoms in total. The molecule has 0 fully saturated rings. The number of nitrogens with zero attached hydrogens (tertiary/aromatic N) is 2. The maximum atomic E-state index is 6.63. The van der Waals surface area contributed by atoms with Crippen LogP contribution < -0.4 is 30.6 Å². The molecule has 158 valence electrons. The number of hydrogen-bond acceptors (Lipinski definition) is 5. The van der Waals surface area contributed by atoms with Gasteiger partial charge in [0.25, 0.3) is 6.71 Å². The van der Waals surface area contributed by atoms with Gasteiger partial charge in [0.1, 0.15) is 34.5 Å². The third kappa shape index (κ3) is 2.29. The molecule has 3 aliphatic heterocycles. The number of benzene rings is 3. The van der Waals surface area contributed by atoms with Gasteiger partial charge in [-0.2, -0.15) is 0 Å². The van der Waals surface area contributed by atoms with Gasteiger partial charge in [0.2, 0.25) is 0 Å². The highest BCUT2D eigenvalue weighted by Gasteiger charge is 2.47. The van der Waals surface area contributed by atoms with Crippen molar-refractivity contribution in [1.29, 1.82) is 0 Å². The van der Waals surface area contributed by atoms with E-state index in [1.807, 2.05) is 60.7 Å². The lowest BCUT2D eigenvalue weighted by molar-refractivity contribution is 0.444. The Hall–Kier alpha value is -4.58. The van der Waals surface area contributed by atoms with Crippen LogP contribution in [0.3, 0.4) is 0 Å². The highest BCUT2D eigenvalue weighted by molar-refractivity contribution is 6.99. The summed E-state index contributed by atoms with van der Waals surface area (Å²) in [7, 11) is 0. The molecule has 0 radical (unpaired) electrons. The van der Waals surface area contributed by atoms with Crippen LogP contribution in [0.4, 0.5) is 0 Å². The fourth-order valence-corrected chi connectivity index (χ4v) is 5.39. The van der Waals surface area contributed by atoms with Crippen molar-refractivity contribution in [2.24, 2.45) is 0 Å². The molecule has 6 heteroatoms. The molecule has 3 aliphatic rings. The van der Waals surface area contributed by atoms with Crippen molar-refractivity contribution in [2.45, 2.75) is 0 Å². The zero-order valence-corrected chi connectivity index (χ0v) is 17.9. The van der Waals surface area contributed by atoms with Crippen molar-refractivity contribution < 1.29 is 14.2 Å². The molecular weight excluding hydrogens is 423 g/mol. The molecule has 0 saturated heterocycles. The highest BCUT2D eigenvalue weighted by atomic mass is 16.5. The summed E-state index contributed by atoms with van der Waals surface area (Å²) in [5.41, 5.74) is 7.20. The minimum Gasteiger partial charge on any atom is -0.458 e. The van der Waals surface area contributed by atoms with Gasteiger partial charge in [0.15, 0.2) is 0 Å². The van der Waals surface area contributed by atoms with Gasteiger partial charge in [0, 0.05) is 52.3 Å². The van der Waals surface area contributed by atoms with Crippen LogP contribution in [0, 0.1) is 0 Å². The van der Waals surface area contributed by atoms with Crippen LogP contribution in [-0.2, 0) is 0 Å². The summed E-state index contributed by atoms with van der Waals surface area (Å²) in [4.78, 5) is 8.44. The summed E-state index contributed by atoms with van der Waals surface area (Å²) in [6.45, 7) is -0.0407. The van der Waals surface area contributed by atoms with E-state index in [9.17, 15) is 0 Å². The first-order chi connectivity index (χ1) is 16.9. The Morgan fingerprint density at radius 1 is 0.500 bits per heavy atom. The van der Waals surface area contributed by atoms with Crippen LogP contribution in [0.15, 0.2) is 91.5 Å². The third-order valence-corrected chi connectivity index (χ3v) is 6.81. The third-order valence-electron chi connectivity index (χ3n) is 6.81. The lowest BCUT2D eigenvalue weighted by Gasteiger charge is -2.38. The van der Waals surface area contributed by atoms with Crippen LogP contribution in [0.1, 0.15) is 0 Å². The van der Waals surface area contributed by atoms with Crippen molar-refractivity contribution in [1.82, 2.24) is 9.97 Å². The van der Waals surface area contributed by atoms with Gasteiger partial charge in [-0.25, -0.2) is 0 Å². The normalized spacial score (nSPS) is 13.4. The number of ether oxygens (including phenoxy) is 3. The zero-order chi connectivity index (χ0) is 22.2. The second-order valence-electron chi connectivity index (χ2n) is 8.59. The van der Waals surface area contributed by atoms with Gasteiger partial charge in [0.05, 0.1) is 0 Å². The highest BCUT2D eigenvalue weighted by Crippen LogP contribution is 2.48. The Bertz CT molecular complexity index is 1520. The lowest BCUT2D eigenvalue weighted by Crippen LogP contribution is -2.59. The molecule has 0 unspecified atom stereocenters. The van der Waals surface area contributed by atoms with E-state index in [1.54, 1.807) is 24.8 Å². The Morgan fingerprint density at radius 3 is 1.41 bits per heavy atom. The Kier molecular flexibility index (Phi) is 3.42. The van der Waals surface area contributed by atoms with Gasteiger partial charge in [-0.15, -0.1) is 0 Å². The number of hydrogen-bond donors (Lipinski definition) is 0. The molecule has 0 saturated carbocycles. The largest absolute Gasteiger partial charge is 0.458 e. The van der Waals surface area contributed by atoms with E-state index in [4.69, 9.17) is 14.2 Å². The van der Waals surface area contributed by atoms with E-state index in [0.717, 1.165) is 73.1 Å². The van der Waals surface area contributed by atoms with Gasteiger partial charge in [-0.05, 0) is 65.7 Å². The molecule has 5 heterocycles. The van der Waals surface area contributed by atoms with Crippen molar-refractivity contribution in [3.63, 3.8) is 0 Å². The molecule has 5 aromatic rings. The SMILES string of the molecule is c1cc2c3c(c1)Oc1c(-c4ccncc4)cc(-c4ccncc4)c4c1B3c1c(cccc1O4)O2. The molecule has 0 amide bonds. The van der Waals surface area contributed by atoms with Crippen LogP contribution in [-0.4, -0.2) is 16.7 Å². The van der Waals surface area contributed by atoms with E-state index in [1.165, 1.54) is 0 Å². The molecule has 0 N–H and O–H groups in total. The first-order valence-corrected chi connectivity index (χ1v) is 11.2. The smallest absolute Gasteiger partial charge is 0.270 e. The standard InChI is InChI=1S/C28H15BN2O3/c1-3-20-24-22(5-1)33-27-18(16-7-11-30-12-8-16)15-19(17-9-13-31-14-10-17)28-26(27)29(24)25-21(32-20)4-2-6-23(25)34-28/h1-15H. The molecule has 0 atom stereocenters. The monoisotopic (exact) mass is 438 g/mol. The van der Waals surface area contributed by atoms with Crippen molar-refractivity contribution in [2.75, 3.05) is 0 Å². The minimum absolute atomic E-state index is 0.0407. The first kappa shape index (κ1) is 17.9. The van der Waals surface area contributed by atoms with E-state index in [0.29, 0.717) is 0 Å². The lowest BCUT2D eigenvalue weighted by atomic mass is 9.33. The second-order valence-corrected chi connectivity index (χ2v) is 8.59. The Morgan fingerprint density at radius 2 is 0.941 bits per heavy atom. The molecule has 0 aliphatic carbocycles. The Balaban J connectivity index is 1.53. The molecular formula is C28H15BN2O3. The number of rotatable bonds is 2. The number of aromatic nitrogens is 2. The fourth-order valence-electron chi connectivity index (χ4n) is 5.39. The maximum absolute atomic E-state index is 6.63. The van der Waals surface area contributed by atoms with Crippen LogP contribution in [0.5, 0.6) is 34.5 Å². The van der Waals surface area contributed by atoms with Crippen LogP contribution in [0.2, 0.25) is 0 Å². The second kappa shape index (κ2) is 6.48. The quantitative estimate of drug-likeness (QED) is 0.368. The van der Waals surface area contributed by atoms with Gasteiger partial charge >= 0.3 is 0 Å². The van der Waals surface area contributed by atoms with E-state index < -0.39 is 0 Å². The average Bonchev–Trinajstić information content (AvgIpc) is 2.90. The van der Waals surface area contributed by atoms with Gasteiger partial charge in [-0.3, -0.25) is 9.97 Å². The molecule has 3 aromatic carbocycles. The van der Waals surface area contributed by atoms with Gasteiger partial charge in [-0.1, -0.05) is 12.1 Å².